The van der Waals surface area contributed by atoms with Crippen LogP contribution in [0.4, 0.5) is 0 Å². The summed E-state index contributed by atoms with van der Waals surface area (Å²) in [5, 5.41) is 0. The molecular weight excluding hydrogens is 326 g/mol. The van der Waals surface area contributed by atoms with E-state index in [-0.39, 0.29) is 6.10 Å². The van der Waals surface area contributed by atoms with Gasteiger partial charge >= 0.3 is 0 Å². The second-order valence-electron chi connectivity index (χ2n) is 7.21. The average molecular weight is 349 g/mol. The van der Waals surface area contributed by atoms with Gasteiger partial charge < -0.3 is 13.9 Å². The molecule has 5 heteroatoms. The third kappa shape index (κ3) is 2.63. The monoisotopic (exact) mass is 349 g/mol. The Morgan fingerprint density at radius 1 is 1.08 bits per heavy atom. The molecule has 0 radical (unpaired) electrons. The molecule has 0 spiro atoms. The number of ether oxygens (including phenoxy) is 2. The molecule has 1 aliphatic heterocycles. The molecule has 3 aromatic heterocycles. The summed E-state index contributed by atoms with van der Waals surface area (Å²) >= 11 is 0. The molecule has 1 fully saturated rings. The Morgan fingerprint density at radius 2 is 1.92 bits per heavy atom. The van der Waals surface area contributed by atoms with E-state index < -0.39 is 0 Å². The lowest BCUT2D eigenvalue weighted by molar-refractivity contribution is 0.0845. The summed E-state index contributed by atoms with van der Waals surface area (Å²) in [4.78, 5) is 9.51. The first-order valence-electron chi connectivity index (χ1n) is 9.41. The van der Waals surface area contributed by atoms with E-state index in [1.165, 1.54) is 17.0 Å². The van der Waals surface area contributed by atoms with Crippen LogP contribution in [0.25, 0.3) is 16.8 Å². The topological polar surface area (TPSA) is 48.7 Å². The number of hydrogen-bond donors (Lipinski definition) is 0. The number of methoxy groups -OCH3 is 1. The van der Waals surface area contributed by atoms with Crippen molar-refractivity contribution in [3.05, 3.63) is 53.7 Å². The van der Waals surface area contributed by atoms with Crippen molar-refractivity contribution in [3.63, 3.8) is 0 Å². The van der Waals surface area contributed by atoms with Crippen LogP contribution < -0.4 is 0 Å². The number of fused-ring (bicyclic) bond motifs is 3. The quantitative estimate of drug-likeness (QED) is 0.719. The molecule has 3 aromatic rings. The van der Waals surface area contributed by atoms with Crippen molar-refractivity contribution in [1.82, 2.24) is 14.4 Å². The van der Waals surface area contributed by atoms with E-state index in [2.05, 4.69) is 34.9 Å². The molecule has 0 N–H and O–H groups in total. The Morgan fingerprint density at radius 3 is 2.69 bits per heavy atom. The Labute approximate surface area is 153 Å². The molecule has 1 atom stereocenters. The van der Waals surface area contributed by atoms with Gasteiger partial charge in [-0.3, -0.25) is 4.98 Å². The van der Waals surface area contributed by atoms with Gasteiger partial charge in [0.1, 0.15) is 11.8 Å². The lowest BCUT2D eigenvalue weighted by Gasteiger charge is -2.21. The number of hydrogen-bond acceptors (Lipinski definition) is 4. The summed E-state index contributed by atoms with van der Waals surface area (Å²) < 4.78 is 13.2. The van der Waals surface area contributed by atoms with Gasteiger partial charge in [-0.25, -0.2) is 4.98 Å². The van der Waals surface area contributed by atoms with E-state index >= 15 is 0 Å². The molecule has 5 nitrogen and oxygen atoms in total. The van der Waals surface area contributed by atoms with Crippen LogP contribution in [-0.2, 0) is 15.9 Å². The number of rotatable bonds is 3. The van der Waals surface area contributed by atoms with Crippen molar-refractivity contribution >= 4 is 5.65 Å². The number of nitrogens with zero attached hydrogens (tertiary/aromatic N) is 3. The molecular formula is C21H23N3O2. The Kier molecular flexibility index (Phi) is 3.98. The smallest absolute Gasteiger partial charge is 0.137 e. The van der Waals surface area contributed by atoms with Crippen LogP contribution in [-0.4, -0.2) is 34.7 Å². The molecule has 0 aromatic carbocycles. The minimum Gasteiger partial charge on any atom is -0.381 e. The first-order valence-corrected chi connectivity index (χ1v) is 9.41. The van der Waals surface area contributed by atoms with Gasteiger partial charge in [0, 0.05) is 61.1 Å². The normalized spacial score (nSPS) is 20.6. The first kappa shape index (κ1) is 16.0. The standard InChI is InChI=1S/C21H23N3O2/c1-25-19-6-5-18-21(19)23-20-7-3-16(13-24(18)20)15-2-4-17(22-12-15)14-8-10-26-11-9-14/h2-4,7,12-14,19H,5-6,8-11H2,1H3. The molecule has 134 valence electrons. The summed E-state index contributed by atoms with van der Waals surface area (Å²) in [6.07, 6.45) is 8.49. The minimum atomic E-state index is 0.133. The van der Waals surface area contributed by atoms with E-state index in [1.54, 1.807) is 7.11 Å². The zero-order valence-electron chi connectivity index (χ0n) is 15.0. The number of aryl methyl sites for hydroxylation is 1. The first-order chi connectivity index (χ1) is 12.8. The molecule has 0 bridgehead atoms. The van der Waals surface area contributed by atoms with Crippen molar-refractivity contribution in [3.8, 4) is 11.1 Å². The SMILES string of the molecule is COC1CCc2c1nc1ccc(-c3ccc(C4CCOCC4)nc3)cn21. The third-order valence-corrected chi connectivity index (χ3v) is 5.74. The van der Waals surface area contributed by atoms with Crippen molar-refractivity contribution in [2.24, 2.45) is 0 Å². The number of aromatic nitrogens is 3. The molecule has 1 unspecified atom stereocenters. The highest BCUT2D eigenvalue weighted by Gasteiger charge is 2.27. The fourth-order valence-corrected chi connectivity index (χ4v) is 4.23. The van der Waals surface area contributed by atoms with E-state index in [4.69, 9.17) is 19.4 Å². The van der Waals surface area contributed by atoms with Gasteiger partial charge in [-0.05, 0) is 43.9 Å². The van der Waals surface area contributed by atoms with E-state index in [0.29, 0.717) is 5.92 Å². The van der Waals surface area contributed by atoms with Gasteiger partial charge in [-0.15, -0.1) is 0 Å². The number of pyridine rings is 2. The molecule has 2 aliphatic rings. The maximum absolute atomic E-state index is 5.56. The van der Waals surface area contributed by atoms with Crippen LogP contribution in [0.3, 0.4) is 0 Å². The molecule has 4 heterocycles. The predicted octanol–water partition coefficient (Wildman–Crippen LogP) is 3.92. The van der Waals surface area contributed by atoms with Crippen LogP contribution in [0, 0.1) is 0 Å². The van der Waals surface area contributed by atoms with Crippen molar-refractivity contribution < 1.29 is 9.47 Å². The van der Waals surface area contributed by atoms with Crippen molar-refractivity contribution in [1.29, 1.82) is 0 Å². The Balaban J connectivity index is 1.47. The maximum Gasteiger partial charge on any atom is 0.137 e. The highest BCUT2D eigenvalue weighted by Crippen LogP contribution is 2.34. The van der Waals surface area contributed by atoms with E-state index in [0.717, 1.165) is 55.8 Å². The minimum absolute atomic E-state index is 0.133. The Hall–Kier alpha value is -2.24. The zero-order chi connectivity index (χ0) is 17.5. The van der Waals surface area contributed by atoms with Crippen LogP contribution in [0.15, 0.2) is 36.7 Å². The molecule has 5 rings (SSSR count). The molecule has 0 amide bonds. The predicted molar refractivity (Wildman–Crippen MR) is 99.3 cm³/mol. The molecule has 26 heavy (non-hydrogen) atoms. The van der Waals surface area contributed by atoms with Crippen LogP contribution in [0.2, 0.25) is 0 Å². The molecule has 0 saturated carbocycles. The van der Waals surface area contributed by atoms with Crippen LogP contribution >= 0.6 is 0 Å². The van der Waals surface area contributed by atoms with Gasteiger partial charge in [0.2, 0.25) is 0 Å². The summed E-state index contributed by atoms with van der Waals surface area (Å²) in [5.74, 6) is 0.531. The highest BCUT2D eigenvalue weighted by molar-refractivity contribution is 5.64. The fraction of sp³-hybridized carbons (Fsp3) is 0.429. The highest BCUT2D eigenvalue weighted by atomic mass is 16.5. The third-order valence-electron chi connectivity index (χ3n) is 5.74. The van der Waals surface area contributed by atoms with Crippen molar-refractivity contribution in [2.75, 3.05) is 20.3 Å². The van der Waals surface area contributed by atoms with Gasteiger partial charge in [0.15, 0.2) is 0 Å². The zero-order valence-corrected chi connectivity index (χ0v) is 15.0. The lowest BCUT2D eigenvalue weighted by atomic mass is 9.95. The molecule has 1 aliphatic carbocycles. The average Bonchev–Trinajstić information content (AvgIpc) is 3.27. The summed E-state index contributed by atoms with van der Waals surface area (Å²) in [7, 11) is 1.76. The van der Waals surface area contributed by atoms with Crippen molar-refractivity contribution in [2.45, 2.75) is 37.7 Å². The lowest BCUT2D eigenvalue weighted by Crippen LogP contribution is -2.14. The maximum atomic E-state index is 5.56. The van der Waals surface area contributed by atoms with Gasteiger partial charge in [0.25, 0.3) is 0 Å². The fourth-order valence-electron chi connectivity index (χ4n) is 4.23. The largest absolute Gasteiger partial charge is 0.381 e. The second-order valence-corrected chi connectivity index (χ2v) is 7.21. The second kappa shape index (κ2) is 6.49. The van der Waals surface area contributed by atoms with Gasteiger partial charge in [-0.2, -0.15) is 0 Å². The summed E-state index contributed by atoms with van der Waals surface area (Å²) in [5.41, 5.74) is 6.87. The Bertz CT molecular complexity index is 926. The number of imidazole rings is 1. The van der Waals surface area contributed by atoms with Crippen LogP contribution in [0.5, 0.6) is 0 Å². The molecule has 1 saturated heterocycles. The summed E-state index contributed by atoms with van der Waals surface area (Å²) in [6, 6.07) is 8.58. The van der Waals surface area contributed by atoms with Gasteiger partial charge in [0.05, 0.1) is 5.69 Å². The van der Waals surface area contributed by atoms with Gasteiger partial charge in [-0.1, -0.05) is 6.07 Å². The van der Waals surface area contributed by atoms with E-state index in [9.17, 15) is 0 Å². The van der Waals surface area contributed by atoms with Crippen LogP contribution in [0.1, 0.15) is 48.4 Å². The summed E-state index contributed by atoms with van der Waals surface area (Å²) in [6.45, 7) is 1.69. The van der Waals surface area contributed by atoms with E-state index in [1.807, 2.05) is 6.20 Å².